The highest BCUT2D eigenvalue weighted by atomic mass is 32.1. The van der Waals surface area contributed by atoms with E-state index >= 15 is 0 Å². The fraction of sp³-hybridized carbons (Fsp3) is 0.429. The van der Waals surface area contributed by atoms with E-state index in [4.69, 9.17) is 4.98 Å². The second-order valence-corrected chi connectivity index (χ2v) is 12.3. The van der Waals surface area contributed by atoms with Crippen LogP contribution in [-0.4, -0.2) is 49.2 Å². The van der Waals surface area contributed by atoms with Crippen LogP contribution in [0.25, 0.3) is 27.5 Å². The third-order valence-corrected chi connectivity index (χ3v) is 9.47. The minimum absolute atomic E-state index is 0.218. The Hall–Kier alpha value is -3.84. The zero-order chi connectivity index (χ0) is 26.2. The first-order valence-electron chi connectivity index (χ1n) is 13.1. The normalized spacial score (nSPS) is 25.1. The van der Waals surface area contributed by atoms with Crippen molar-refractivity contribution >= 4 is 33.5 Å². The van der Waals surface area contributed by atoms with Crippen molar-refractivity contribution in [3.63, 3.8) is 0 Å². The van der Waals surface area contributed by atoms with Crippen LogP contribution >= 0.6 is 11.3 Å². The lowest BCUT2D eigenvalue weighted by Gasteiger charge is -2.63. The van der Waals surface area contributed by atoms with Gasteiger partial charge in [0, 0.05) is 36.9 Å². The Balaban J connectivity index is 1.19. The van der Waals surface area contributed by atoms with Crippen LogP contribution in [0.3, 0.4) is 0 Å². The molecule has 38 heavy (non-hydrogen) atoms. The number of nitrogens with zero attached hydrogens (tertiary/aromatic N) is 7. The standard InChI is InChI=1S/C28H28N8OS/c1-15(2)32-21-7-22(23-5-4-19-6-17(11-29)12-31-36(19)23)30-13-20(21)26-33-34-27(38-26)35-14-18-9-28(8-16(3)37)10-24(35)25(18)28/h4-7,12-13,15,18,24-25H,8-10,14H2,1-3H3,(H,30,32)/t18-,24-,25?,28-/m1/s1. The molecule has 4 atom stereocenters. The number of fused-ring (bicyclic) bond motifs is 1. The number of hydrogen-bond donors (Lipinski definition) is 1. The van der Waals surface area contributed by atoms with E-state index < -0.39 is 0 Å². The zero-order valence-electron chi connectivity index (χ0n) is 21.5. The molecule has 0 spiro atoms. The third-order valence-electron chi connectivity index (χ3n) is 8.48. The van der Waals surface area contributed by atoms with Crippen molar-refractivity contribution in [1.29, 1.82) is 5.26 Å². The van der Waals surface area contributed by atoms with Crippen molar-refractivity contribution < 1.29 is 4.79 Å². The lowest BCUT2D eigenvalue weighted by Crippen LogP contribution is -2.62. The fourth-order valence-corrected chi connectivity index (χ4v) is 8.12. The molecule has 0 radical (unpaired) electrons. The summed E-state index contributed by atoms with van der Waals surface area (Å²) in [5.41, 5.74) is 5.14. The molecule has 2 saturated carbocycles. The van der Waals surface area contributed by atoms with E-state index in [2.05, 4.69) is 45.4 Å². The quantitative estimate of drug-likeness (QED) is 0.367. The van der Waals surface area contributed by atoms with Crippen LogP contribution in [0.2, 0.25) is 0 Å². The van der Waals surface area contributed by atoms with Gasteiger partial charge in [-0.15, -0.1) is 10.2 Å². The third kappa shape index (κ3) is 3.45. The minimum Gasteiger partial charge on any atom is -0.382 e. The molecule has 10 heteroatoms. The van der Waals surface area contributed by atoms with Gasteiger partial charge in [-0.3, -0.25) is 4.98 Å². The van der Waals surface area contributed by atoms with Crippen molar-refractivity contribution in [3.8, 4) is 28.0 Å². The van der Waals surface area contributed by atoms with Gasteiger partial charge in [0.2, 0.25) is 5.13 Å². The minimum atomic E-state index is 0.218. The zero-order valence-corrected chi connectivity index (χ0v) is 22.4. The Kier molecular flexibility index (Phi) is 5.11. The van der Waals surface area contributed by atoms with Gasteiger partial charge in [0.25, 0.3) is 0 Å². The number of carbonyl (C=O) groups is 1. The van der Waals surface area contributed by atoms with Gasteiger partial charge in [-0.25, -0.2) is 4.52 Å². The highest BCUT2D eigenvalue weighted by molar-refractivity contribution is 7.18. The van der Waals surface area contributed by atoms with Crippen molar-refractivity contribution in [2.45, 2.75) is 52.1 Å². The Labute approximate surface area is 224 Å². The summed E-state index contributed by atoms with van der Waals surface area (Å²) >= 11 is 1.62. The van der Waals surface area contributed by atoms with Crippen molar-refractivity contribution in [1.82, 2.24) is 24.8 Å². The van der Waals surface area contributed by atoms with Crippen LogP contribution in [0, 0.1) is 28.6 Å². The van der Waals surface area contributed by atoms with Gasteiger partial charge in [-0.05, 0) is 75.1 Å². The first-order chi connectivity index (χ1) is 18.3. The highest BCUT2D eigenvalue weighted by Crippen LogP contribution is 2.71. The summed E-state index contributed by atoms with van der Waals surface area (Å²) in [4.78, 5) is 19.0. The molecular weight excluding hydrogens is 496 g/mol. The van der Waals surface area contributed by atoms with Crippen molar-refractivity contribution in [2.24, 2.45) is 17.3 Å². The summed E-state index contributed by atoms with van der Waals surface area (Å²) in [5.74, 6) is 1.62. The Morgan fingerprint density at radius 2 is 2.13 bits per heavy atom. The van der Waals surface area contributed by atoms with Gasteiger partial charge in [0.1, 0.15) is 11.9 Å². The number of nitrogens with one attached hydrogen (secondary N) is 1. The molecule has 3 aliphatic rings. The highest BCUT2D eigenvalue weighted by Gasteiger charge is 2.70. The first kappa shape index (κ1) is 23.3. The summed E-state index contributed by atoms with van der Waals surface area (Å²) < 4.78 is 1.80. The van der Waals surface area contributed by atoms with Gasteiger partial charge in [-0.1, -0.05) is 11.3 Å². The molecular formula is C28H28N8OS. The Morgan fingerprint density at radius 3 is 2.92 bits per heavy atom. The van der Waals surface area contributed by atoms with Gasteiger partial charge in [-0.2, -0.15) is 10.4 Å². The number of hydrogen-bond acceptors (Lipinski definition) is 9. The number of carbonyl (C=O) groups excluding carboxylic acids is 1. The monoisotopic (exact) mass is 524 g/mol. The average Bonchev–Trinajstić information content (AvgIpc) is 3.54. The lowest BCUT2D eigenvalue weighted by atomic mass is 9.41. The van der Waals surface area contributed by atoms with Gasteiger partial charge >= 0.3 is 0 Å². The fourth-order valence-electron chi connectivity index (χ4n) is 7.19. The van der Waals surface area contributed by atoms with Gasteiger partial charge in [0.05, 0.1) is 34.2 Å². The summed E-state index contributed by atoms with van der Waals surface area (Å²) in [5, 5.41) is 28.2. The number of nitriles is 1. The molecule has 0 aromatic carbocycles. The largest absolute Gasteiger partial charge is 0.382 e. The number of Topliss-reactive ketones (excluding diaryl/α,β-unsaturated/α-hetero) is 1. The molecule has 4 aromatic rings. The Bertz CT molecular complexity index is 1630. The summed E-state index contributed by atoms with van der Waals surface area (Å²) in [6.07, 6.45) is 6.42. The molecule has 0 bridgehead atoms. The number of rotatable bonds is 7. The van der Waals surface area contributed by atoms with Crippen LogP contribution in [0.15, 0.2) is 36.7 Å². The molecule has 1 unspecified atom stereocenters. The van der Waals surface area contributed by atoms with Crippen molar-refractivity contribution in [3.05, 3.63) is 42.2 Å². The van der Waals surface area contributed by atoms with Gasteiger partial charge in [0.15, 0.2) is 5.01 Å². The SMILES string of the molecule is CC(=O)C[C@@]12C[C@@H]3CN(c4nnc(-c5cnc(-c6ccc7cc(C#N)cnn67)cc5NC(C)C)s4)[C@H](C1)C32. The summed E-state index contributed by atoms with van der Waals surface area (Å²) in [6, 6.07) is 10.6. The van der Waals surface area contributed by atoms with Crippen LogP contribution in [0.1, 0.15) is 45.6 Å². The lowest BCUT2D eigenvalue weighted by molar-refractivity contribution is -0.143. The van der Waals surface area contributed by atoms with E-state index in [1.54, 1.807) is 29.0 Å². The predicted octanol–water partition coefficient (Wildman–Crippen LogP) is 4.80. The van der Waals surface area contributed by atoms with E-state index in [9.17, 15) is 10.1 Å². The molecule has 1 saturated heterocycles. The molecule has 192 valence electrons. The summed E-state index contributed by atoms with van der Waals surface area (Å²) in [7, 11) is 0. The van der Waals surface area contributed by atoms with Crippen LogP contribution in [-0.2, 0) is 4.79 Å². The molecule has 4 aromatic heterocycles. The topological polar surface area (TPSA) is 112 Å². The van der Waals surface area contributed by atoms with E-state index in [1.165, 1.54) is 6.42 Å². The molecule has 7 rings (SSSR count). The van der Waals surface area contributed by atoms with E-state index in [-0.39, 0.29) is 11.5 Å². The van der Waals surface area contributed by atoms with Crippen LogP contribution in [0.4, 0.5) is 10.8 Å². The van der Waals surface area contributed by atoms with Crippen LogP contribution < -0.4 is 10.2 Å². The second kappa shape index (κ2) is 8.33. The number of ketones is 1. The van der Waals surface area contributed by atoms with E-state index in [0.29, 0.717) is 29.2 Å². The smallest absolute Gasteiger partial charge is 0.208 e. The van der Waals surface area contributed by atoms with Crippen LogP contribution in [0.5, 0.6) is 0 Å². The number of pyridine rings is 1. The molecule has 5 heterocycles. The maximum Gasteiger partial charge on any atom is 0.208 e. The maximum absolute atomic E-state index is 11.8. The molecule has 9 nitrogen and oxygen atoms in total. The molecule has 1 aliphatic heterocycles. The second-order valence-electron chi connectivity index (χ2n) is 11.4. The maximum atomic E-state index is 11.8. The number of anilines is 2. The predicted molar refractivity (Wildman–Crippen MR) is 146 cm³/mol. The molecule has 3 fully saturated rings. The Morgan fingerprint density at radius 1 is 1.26 bits per heavy atom. The molecule has 2 aliphatic carbocycles. The first-order valence-corrected chi connectivity index (χ1v) is 13.9. The molecule has 1 N–H and O–H groups in total. The van der Waals surface area contributed by atoms with E-state index in [0.717, 1.165) is 57.7 Å². The van der Waals surface area contributed by atoms with Crippen molar-refractivity contribution in [2.75, 3.05) is 16.8 Å². The van der Waals surface area contributed by atoms with Gasteiger partial charge < -0.3 is 15.0 Å². The number of aromatic nitrogens is 5. The summed E-state index contributed by atoms with van der Waals surface area (Å²) in [6.45, 7) is 6.95. The average molecular weight is 525 g/mol. The molecule has 0 amide bonds. The van der Waals surface area contributed by atoms with E-state index in [1.807, 2.05) is 30.5 Å².